The van der Waals surface area contributed by atoms with E-state index >= 15 is 0 Å². The van der Waals surface area contributed by atoms with E-state index in [0.29, 0.717) is 13.2 Å². The maximum atomic E-state index is 11.4. The molecule has 3 nitrogen and oxygen atoms in total. The number of rotatable bonds is 6. The molecule has 0 aromatic carbocycles. The Morgan fingerprint density at radius 1 is 1.40 bits per heavy atom. The molecular formula is C12H25NO2. The highest BCUT2D eigenvalue weighted by atomic mass is 16.5. The molecule has 1 amide bonds. The van der Waals surface area contributed by atoms with Crippen LogP contribution in [0.1, 0.15) is 41.0 Å². The van der Waals surface area contributed by atoms with Crippen molar-refractivity contribution >= 4 is 5.91 Å². The van der Waals surface area contributed by atoms with Crippen molar-refractivity contribution in [3.63, 3.8) is 0 Å². The summed E-state index contributed by atoms with van der Waals surface area (Å²) in [5.74, 6) is -0.0255. The summed E-state index contributed by atoms with van der Waals surface area (Å²) in [6.07, 6.45) is 4.23. The zero-order valence-corrected chi connectivity index (χ0v) is 10.7. The van der Waals surface area contributed by atoms with Gasteiger partial charge in [-0.2, -0.15) is 0 Å². The van der Waals surface area contributed by atoms with E-state index in [1.54, 1.807) is 0 Å². The molecule has 0 bridgehead atoms. The van der Waals surface area contributed by atoms with E-state index in [0.717, 1.165) is 6.42 Å². The summed E-state index contributed by atoms with van der Waals surface area (Å²) < 4.78 is 5.25. The number of hydrogen-bond donors (Lipinski definition) is 1. The van der Waals surface area contributed by atoms with Crippen LogP contribution in [-0.2, 0) is 9.53 Å². The highest BCUT2D eigenvalue weighted by Crippen LogP contribution is 1.97. The number of nitrogens with one attached hydrogen (secondary N) is 1. The van der Waals surface area contributed by atoms with Gasteiger partial charge in [-0.3, -0.25) is 4.79 Å². The number of hydrogen-bond acceptors (Lipinski definition) is 2. The lowest BCUT2D eigenvalue weighted by molar-refractivity contribution is -0.132. The Morgan fingerprint density at radius 3 is 2.40 bits per heavy atom. The molecule has 90 valence electrons. The summed E-state index contributed by atoms with van der Waals surface area (Å²) in [4.78, 5) is 11.4. The van der Waals surface area contributed by atoms with Crippen LogP contribution in [0.3, 0.4) is 0 Å². The highest BCUT2D eigenvalue weighted by molar-refractivity contribution is 5.80. The summed E-state index contributed by atoms with van der Waals surface area (Å²) in [6, 6.07) is 0. The van der Waals surface area contributed by atoms with Gasteiger partial charge in [0.05, 0.1) is 0 Å². The first-order valence-corrected chi connectivity index (χ1v) is 5.76. The van der Waals surface area contributed by atoms with Crippen molar-refractivity contribution in [2.75, 3.05) is 13.2 Å². The third-order valence-corrected chi connectivity index (χ3v) is 1.66. The fourth-order valence-corrected chi connectivity index (χ4v) is 0.971. The largest absolute Gasteiger partial charge is 0.369 e. The van der Waals surface area contributed by atoms with E-state index in [4.69, 9.17) is 4.74 Å². The van der Waals surface area contributed by atoms with Crippen LogP contribution in [0.4, 0.5) is 0 Å². The minimum absolute atomic E-state index is 0.0255. The molecule has 0 aromatic rings. The van der Waals surface area contributed by atoms with E-state index in [1.165, 1.54) is 0 Å². The van der Waals surface area contributed by atoms with Crippen molar-refractivity contribution in [2.24, 2.45) is 0 Å². The molecule has 0 spiro atoms. The van der Waals surface area contributed by atoms with Gasteiger partial charge in [0, 0.05) is 13.2 Å². The molecule has 0 rings (SSSR count). The maximum Gasteiger partial charge on any atom is 0.249 e. The van der Waals surface area contributed by atoms with E-state index < -0.39 is 0 Å². The van der Waals surface area contributed by atoms with Crippen LogP contribution in [0.25, 0.3) is 0 Å². The molecule has 1 N–H and O–H groups in total. The fourth-order valence-electron chi connectivity index (χ4n) is 0.971. The Morgan fingerprint density at radius 2 is 2.00 bits per heavy atom. The van der Waals surface area contributed by atoms with Gasteiger partial charge in [0.2, 0.25) is 5.91 Å². The second-order valence-electron chi connectivity index (χ2n) is 2.67. The molecule has 15 heavy (non-hydrogen) atoms. The first-order chi connectivity index (χ1) is 7.26. The smallest absolute Gasteiger partial charge is 0.249 e. The number of amides is 1. The summed E-state index contributed by atoms with van der Waals surface area (Å²) in [7, 11) is 0. The molecule has 0 aliphatic heterocycles. The molecule has 0 saturated heterocycles. The predicted molar refractivity (Wildman–Crippen MR) is 64.9 cm³/mol. The second kappa shape index (κ2) is 13.2. The topological polar surface area (TPSA) is 38.3 Å². The second-order valence-corrected chi connectivity index (χ2v) is 2.67. The molecule has 0 aromatic heterocycles. The number of ether oxygens (including phenoxy) is 1. The Balaban J connectivity index is 0. The van der Waals surface area contributed by atoms with Crippen molar-refractivity contribution in [3.8, 4) is 0 Å². The summed E-state index contributed by atoms with van der Waals surface area (Å²) >= 11 is 0. The standard InChI is InChI=1S/C10H19NO2.C2H6/c1-4-7-8-11-10(12)9(5-2)13-6-3;1-2/h4,7,9H,5-6,8H2,1-3H3,(H,11,12);1-2H3/b7-4+;. The molecule has 0 radical (unpaired) electrons. The Kier molecular flexibility index (Phi) is 14.6. The van der Waals surface area contributed by atoms with Gasteiger partial charge in [-0.15, -0.1) is 0 Å². The maximum absolute atomic E-state index is 11.4. The molecule has 0 saturated carbocycles. The third-order valence-electron chi connectivity index (χ3n) is 1.66. The Labute approximate surface area is 93.9 Å². The normalized spacial score (nSPS) is 11.8. The molecule has 1 atom stereocenters. The predicted octanol–water partition coefficient (Wildman–Crippen LogP) is 2.52. The average Bonchev–Trinajstić information content (AvgIpc) is 2.28. The van der Waals surface area contributed by atoms with Crippen LogP contribution in [0.2, 0.25) is 0 Å². The minimum atomic E-state index is -0.296. The SMILES string of the molecule is C/C=C/CNC(=O)C(CC)OCC.CC. The first-order valence-electron chi connectivity index (χ1n) is 5.76. The van der Waals surface area contributed by atoms with Crippen molar-refractivity contribution in [1.82, 2.24) is 5.32 Å². The van der Waals surface area contributed by atoms with Gasteiger partial charge in [-0.25, -0.2) is 0 Å². The number of carbonyl (C=O) groups is 1. The van der Waals surface area contributed by atoms with Crippen molar-refractivity contribution in [2.45, 2.75) is 47.1 Å². The van der Waals surface area contributed by atoms with Crippen molar-refractivity contribution in [3.05, 3.63) is 12.2 Å². The lowest BCUT2D eigenvalue weighted by atomic mass is 10.2. The molecule has 1 unspecified atom stereocenters. The van der Waals surface area contributed by atoms with E-state index in [1.807, 2.05) is 46.8 Å². The third kappa shape index (κ3) is 9.47. The lowest BCUT2D eigenvalue weighted by Crippen LogP contribution is -2.36. The monoisotopic (exact) mass is 215 g/mol. The van der Waals surface area contributed by atoms with Gasteiger partial charge in [-0.05, 0) is 20.3 Å². The van der Waals surface area contributed by atoms with Crippen LogP contribution in [0.15, 0.2) is 12.2 Å². The van der Waals surface area contributed by atoms with E-state index in [-0.39, 0.29) is 12.0 Å². The zero-order chi connectivity index (χ0) is 12.1. The van der Waals surface area contributed by atoms with Gasteiger partial charge < -0.3 is 10.1 Å². The molecule has 0 aliphatic rings. The molecule has 0 aliphatic carbocycles. The van der Waals surface area contributed by atoms with Crippen LogP contribution < -0.4 is 5.32 Å². The highest BCUT2D eigenvalue weighted by Gasteiger charge is 2.14. The summed E-state index contributed by atoms with van der Waals surface area (Å²) in [6.45, 7) is 10.9. The van der Waals surface area contributed by atoms with Gasteiger partial charge >= 0.3 is 0 Å². The van der Waals surface area contributed by atoms with Crippen LogP contribution in [0, 0.1) is 0 Å². The number of carbonyl (C=O) groups excluding carboxylic acids is 1. The lowest BCUT2D eigenvalue weighted by Gasteiger charge is -2.13. The summed E-state index contributed by atoms with van der Waals surface area (Å²) in [5.41, 5.74) is 0. The molecule has 0 fully saturated rings. The molecular weight excluding hydrogens is 190 g/mol. The van der Waals surface area contributed by atoms with Crippen molar-refractivity contribution < 1.29 is 9.53 Å². The zero-order valence-electron chi connectivity index (χ0n) is 10.7. The van der Waals surface area contributed by atoms with Gasteiger partial charge in [0.1, 0.15) is 6.10 Å². The van der Waals surface area contributed by atoms with E-state index in [2.05, 4.69) is 5.32 Å². The van der Waals surface area contributed by atoms with Crippen LogP contribution in [0.5, 0.6) is 0 Å². The Bertz CT molecular complexity index is 167. The fraction of sp³-hybridized carbons (Fsp3) is 0.750. The van der Waals surface area contributed by atoms with Crippen molar-refractivity contribution in [1.29, 1.82) is 0 Å². The van der Waals surface area contributed by atoms with Crippen LogP contribution in [-0.4, -0.2) is 25.2 Å². The van der Waals surface area contributed by atoms with Crippen LogP contribution >= 0.6 is 0 Å². The Hall–Kier alpha value is -0.830. The summed E-state index contributed by atoms with van der Waals surface area (Å²) in [5, 5.41) is 2.77. The quantitative estimate of drug-likeness (QED) is 0.691. The van der Waals surface area contributed by atoms with E-state index in [9.17, 15) is 4.79 Å². The van der Waals surface area contributed by atoms with Gasteiger partial charge in [0.25, 0.3) is 0 Å². The molecule has 3 heteroatoms. The minimum Gasteiger partial charge on any atom is -0.369 e. The number of allylic oxidation sites excluding steroid dienone is 1. The average molecular weight is 215 g/mol. The first kappa shape index (κ1) is 16.6. The van der Waals surface area contributed by atoms with Gasteiger partial charge in [-0.1, -0.05) is 32.9 Å². The molecule has 0 heterocycles. The van der Waals surface area contributed by atoms with Gasteiger partial charge in [0.15, 0.2) is 0 Å².